The summed E-state index contributed by atoms with van der Waals surface area (Å²) in [4.78, 5) is 12.9. The highest BCUT2D eigenvalue weighted by atomic mass is 19.1. The van der Waals surface area contributed by atoms with Gasteiger partial charge in [0.1, 0.15) is 11.5 Å². The molecule has 1 aromatic rings. The van der Waals surface area contributed by atoms with E-state index in [1.807, 2.05) is 0 Å². The zero-order chi connectivity index (χ0) is 14.3. The lowest BCUT2D eigenvalue weighted by atomic mass is 10.1. The summed E-state index contributed by atoms with van der Waals surface area (Å²) in [6, 6.07) is 5.07. The Bertz CT molecular complexity index is 533. The van der Waals surface area contributed by atoms with E-state index in [2.05, 4.69) is 17.1 Å². The molecule has 0 radical (unpaired) electrons. The van der Waals surface area contributed by atoms with Crippen molar-refractivity contribution in [3.63, 3.8) is 0 Å². The summed E-state index contributed by atoms with van der Waals surface area (Å²) in [6.45, 7) is 3.10. The van der Waals surface area contributed by atoms with Gasteiger partial charge in [-0.2, -0.15) is 0 Å². The van der Waals surface area contributed by atoms with Crippen molar-refractivity contribution >= 4 is 11.4 Å². The van der Waals surface area contributed by atoms with Crippen molar-refractivity contribution in [2.45, 2.75) is 44.3 Å². The van der Waals surface area contributed by atoms with Crippen LogP contribution in [0.3, 0.4) is 0 Å². The molecule has 1 heterocycles. The van der Waals surface area contributed by atoms with E-state index in [-0.39, 0.29) is 11.7 Å². The minimum absolute atomic E-state index is 0.190. The summed E-state index contributed by atoms with van der Waals surface area (Å²) in [5, 5.41) is 14.2. The third-order valence-electron chi connectivity index (χ3n) is 4.15. The Balaban J connectivity index is 1.73. The van der Waals surface area contributed by atoms with Crippen LogP contribution in [0.4, 0.5) is 15.8 Å². The van der Waals surface area contributed by atoms with Gasteiger partial charge in [-0.15, -0.1) is 0 Å². The number of rotatable bonds is 4. The average molecular weight is 279 g/mol. The normalized spacial score (nSPS) is 26.7. The highest BCUT2D eigenvalue weighted by molar-refractivity contribution is 5.62. The van der Waals surface area contributed by atoms with E-state index in [1.165, 1.54) is 25.0 Å². The number of nitro groups is 1. The predicted molar refractivity (Wildman–Crippen MR) is 74.3 cm³/mol. The molecule has 2 fully saturated rings. The number of hydrogen-bond donors (Lipinski definition) is 1. The number of hydrogen-bond acceptors (Lipinski definition) is 4. The number of benzene rings is 1. The third-order valence-corrected chi connectivity index (χ3v) is 4.15. The zero-order valence-electron chi connectivity index (χ0n) is 11.4. The highest BCUT2D eigenvalue weighted by Gasteiger charge is 2.39. The lowest BCUT2D eigenvalue weighted by Gasteiger charge is -2.19. The van der Waals surface area contributed by atoms with Crippen molar-refractivity contribution in [3.05, 3.63) is 34.1 Å². The first-order valence-corrected chi connectivity index (χ1v) is 7.01. The molecule has 1 aliphatic heterocycles. The van der Waals surface area contributed by atoms with E-state index in [0.29, 0.717) is 17.8 Å². The van der Waals surface area contributed by atoms with E-state index in [9.17, 15) is 14.5 Å². The van der Waals surface area contributed by atoms with Crippen LogP contribution in [-0.2, 0) is 0 Å². The Morgan fingerprint density at radius 1 is 1.45 bits per heavy atom. The van der Waals surface area contributed by atoms with Gasteiger partial charge >= 0.3 is 0 Å². The van der Waals surface area contributed by atoms with E-state index in [0.717, 1.165) is 19.0 Å². The molecule has 1 saturated heterocycles. The van der Waals surface area contributed by atoms with Gasteiger partial charge in [0.15, 0.2) is 0 Å². The number of anilines is 1. The predicted octanol–water partition coefficient (Wildman–Crippen LogP) is 2.77. The molecule has 20 heavy (non-hydrogen) atoms. The maximum atomic E-state index is 13.1. The van der Waals surface area contributed by atoms with E-state index in [4.69, 9.17) is 0 Å². The second kappa shape index (κ2) is 5.01. The maximum absolute atomic E-state index is 13.1. The monoisotopic (exact) mass is 279 g/mol. The molecule has 2 aliphatic rings. The van der Waals surface area contributed by atoms with Crippen molar-refractivity contribution < 1.29 is 9.31 Å². The minimum atomic E-state index is -0.582. The second-order valence-electron chi connectivity index (χ2n) is 5.77. The lowest BCUT2D eigenvalue weighted by molar-refractivity contribution is -0.384. The molecule has 108 valence electrons. The van der Waals surface area contributed by atoms with Crippen LogP contribution in [0, 0.1) is 15.9 Å². The third kappa shape index (κ3) is 2.60. The standard InChI is InChI=1S/C14H18FN3O2/c1-9-6-11(8-17(9)12-3-4-12)16-13-5-2-10(15)7-14(13)18(19)20/h2,5,7,9,11-12,16H,3-4,6,8H2,1H3. The molecule has 0 amide bonds. The van der Waals surface area contributed by atoms with Crippen molar-refractivity contribution in [1.29, 1.82) is 0 Å². The van der Waals surface area contributed by atoms with Gasteiger partial charge in [-0.3, -0.25) is 15.0 Å². The molecule has 0 bridgehead atoms. The highest BCUT2D eigenvalue weighted by Crippen LogP contribution is 2.35. The molecule has 1 aromatic carbocycles. The maximum Gasteiger partial charge on any atom is 0.295 e. The molecular formula is C14H18FN3O2. The van der Waals surface area contributed by atoms with E-state index >= 15 is 0 Å². The SMILES string of the molecule is CC1CC(Nc2ccc(F)cc2[N+](=O)[O-])CN1C1CC1. The summed E-state index contributed by atoms with van der Waals surface area (Å²) < 4.78 is 13.1. The van der Waals surface area contributed by atoms with Crippen LogP contribution >= 0.6 is 0 Å². The topological polar surface area (TPSA) is 58.4 Å². The Morgan fingerprint density at radius 2 is 2.20 bits per heavy atom. The van der Waals surface area contributed by atoms with Gasteiger partial charge in [0, 0.05) is 24.7 Å². The molecule has 3 rings (SSSR count). The van der Waals surface area contributed by atoms with Crippen LogP contribution in [0.2, 0.25) is 0 Å². The summed E-state index contributed by atoms with van der Waals surface area (Å²) in [5.74, 6) is -0.582. The van der Waals surface area contributed by atoms with Crippen molar-refractivity contribution in [3.8, 4) is 0 Å². The van der Waals surface area contributed by atoms with Crippen molar-refractivity contribution in [2.75, 3.05) is 11.9 Å². The van der Waals surface area contributed by atoms with Crippen molar-refractivity contribution in [2.24, 2.45) is 0 Å². The summed E-state index contributed by atoms with van der Waals surface area (Å²) in [6.07, 6.45) is 3.48. The first kappa shape index (κ1) is 13.3. The van der Waals surface area contributed by atoms with E-state index in [1.54, 1.807) is 0 Å². The molecule has 1 aliphatic carbocycles. The lowest BCUT2D eigenvalue weighted by Crippen LogP contribution is -2.31. The number of halogens is 1. The Labute approximate surface area is 116 Å². The molecule has 1 saturated carbocycles. The van der Waals surface area contributed by atoms with Crippen LogP contribution < -0.4 is 5.32 Å². The fraction of sp³-hybridized carbons (Fsp3) is 0.571. The van der Waals surface area contributed by atoms with Crippen LogP contribution in [0.1, 0.15) is 26.2 Å². The van der Waals surface area contributed by atoms with Crippen LogP contribution in [-0.4, -0.2) is 34.5 Å². The number of nitro benzene ring substituents is 1. The van der Waals surface area contributed by atoms with Crippen LogP contribution in [0.15, 0.2) is 18.2 Å². The second-order valence-corrected chi connectivity index (χ2v) is 5.77. The fourth-order valence-corrected chi connectivity index (χ4v) is 3.07. The van der Waals surface area contributed by atoms with Gasteiger partial charge in [-0.1, -0.05) is 0 Å². The first-order valence-electron chi connectivity index (χ1n) is 7.01. The largest absolute Gasteiger partial charge is 0.375 e. The Morgan fingerprint density at radius 3 is 2.85 bits per heavy atom. The van der Waals surface area contributed by atoms with Gasteiger partial charge < -0.3 is 5.32 Å². The van der Waals surface area contributed by atoms with Gasteiger partial charge in [-0.05, 0) is 38.3 Å². The summed E-state index contributed by atoms with van der Waals surface area (Å²) in [5.41, 5.74) is 0.216. The molecule has 1 N–H and O–H groups in total. The Kier molecular flexibility index (Phi) is 3.33. The molecule has 2 unspecified atom stereocenters. The fourth-order valence-electron chi connectivity index (χ4n) is 3.07. The van der Waals surface area contributed by atoms with Crippen LogP contribution in [0.5, 0.6) is 0 Å². The zero-order valence-corrected chi connectivity index (χ0v) is 11.4. The van der Waals surface area contributed by atoms with Gasteiger partial charge in [0.2, 0.25) is 0 Å². The average Bonchev–Trinajstić information content (AvgIpc) is 3.16. The van der Waals surface area contributed by atoms with Gasteiger partial charge in [-0.25, -0.2) is 4.39 Å². The first-order chi connectivity index (χ1) is 9.54. The molecule has 6 heteroatoms. The smallest absolute Gasteiger partial charge is 0.295 e. The van der Waals surface area contributed by atoms with E-state index < -0.39 is 10.7 Å². The molecule has 5 nitrogen and oxygen atoms in total. The van der Waals surface area contributed by atoms with Crippen LogP contribution in [0.25, 0.3) is 0 Å². The molecule has 2 atom stereocenters. The quantitative estimate of drug-likeness (QED) is 0.680. The Hall–Kier alpha value is -1.69. The number of likely N-dealkylation sites (tertiary alicyclic amines) is 1. The minimum Gasteiger partial charge on any atom is -0.375 e. The summed E-state index contributed by atoms with van der Waals surface area (Å²) >= 11 is 0. The van der Waals surface area contributed by atoms with Crippen molar-refractivity contribution in [1.82, 2.24) is 4.90 Å². The van der Waals surface area contributed by atoms with Gasteiger partial charge in [0.05, 0.1) is 11.0 Å². The summed E-state index contributed by atoms with van der Waals surface area (Å²) in [7, 11) is 0. The molecular weight excluding hydrogens is 261 g/mol. The van der Waals surface area contributed by atoms with Gasteiger partial charge in [0.25, 0.3) is 5.69 Å². The molecule has 0 aromatic heterocycles. The molecule has 0 spiro atoms. The number of nitrogens with zero attached hydrogens (tertiary/aromatic N) is 2. The number of nitrogens with one attached hydrogen (secondary N) is 1.